The molecule has 2 aromatic rings. The van der Waals surface area contributed by atoms with E-state index in [0.717, 1.165) is 11.3 Å². The lowest BCUT2D eigenvalue weighted by molar-refractivity contribution is 0.774. The summed E-state index contributed by atoms with van der Waals surface area (Å²) in [6.07, 6.45) is 1.80. The summed E-state index contributed by atoms with van der Waals surface area (Å²) >= 11 is 0. The minimum atomic E-state index is 0.556. The second kappa shape index (κ2) is 3.87. The Balaban J connectivity index is 2.60. The first-order valence-electron chi connectivity index (χ1n) is 5.00. The summed E-state index contributed by atoms with van der Waals surface area (Å²) in [6.45, 7) is 2.64. The van der Waals surface area contributed by atoms with Gasteiger partial charge in [0.25, 0.3) is 0 Å². The van der Waals surface area contributed by atoms with E-state index < -0.39 is 0 Å². The van der Waals surface area contributed by atoms with E-state index in [9.17, 15) is 0 Å². The summed E-state index contributed by atoms with van der Waals surface area (Å²) in [6, 6.07) is 8.33. The molecule has 2 rings (SSSR count). The number of benzene rings is 1. The molecule has 0 amide bonds. The number of aromatic nitrogens is 2. The molecule has 1 aromatic heterocycles. The van der Waals surface area contributed by atoms with Crippen LogP contribution in [-0.4, -0.2) is 9.78 Å². The molecule has 0 saturated heterocycles. The van der Waals surface area contributed by atoms with Crippen molar-refractivity contribution in [3.63, 3.8) is 0 Å². The molecule has 0 atom stereocenters. The molecular formula is C12H15N3. The van der Waals surface area contributed by atoms with Gasteiger partial charge in [0.2, 0.25) is 0 Å². The lowest BCUT2D eigenvalue weighted by Gasteiger charge is -2.09. The Kier molecular flexibility index (Phi) is 2.56. The Labute approximate surface area is 89.5 Å². The number of hydrogen-bond acceptors (Lipinski definition) is 2. The van der Waals surface area contributed by atoms with Gasteiger partial charge in [-0.05, 0) is 24.6 Å². The second-order valence-electron chi connectivity index (χ2n) is 3.70. The Morgan fingerprint density at radius 3 is 2.73 bits per heavy atom. The summed E-state index contributed by atoms with van der Waals surface area (Å²) in [5, 5.41) is 4.17. The van der Waals surface area contributed by atoms with Gasteiger partial charge in [0.15, 0.2) is 0 Å². The predicted molar refractivity (Wildman–Crippen MR) is 61.3 cm³/mol. The molecule has 0 spiro atoms. The van der Waals surface area contributed by atoms with E-state index in [1.807, 2.05) is 17.8 Å². The number of nitrogens with zero attached hydrogens (tertiary/aromatic N) is 2. The highest BCUT2D eigenvalue weighted by Crippen LogP contribution is 2.23. The molecule has 2 N–H and O–H groups in total. The Hall–Kier alpha value is -1.61. The van der Waals surface area contributed by atoms with E-state index in [1.54, 1.807) is 6.20 Å². The standard InChI is InChI=1S/C12H15N3/c1-9-3-4-10(8-13)11(7-9)12-5-6-14-15(12)2/h3-7H,8,13H2,1-2H3. The van der Waals surface area contributed by atoms with Crippen molar-refractivity contribution in [3.8, 4) is 11.3 Å². The van der Waals surface area contributed by atoms with Gasteiger partial charge < -0.3 is 5.73 Å². The van der Waals surface area contributed by atoms with E-state index in [0.29, 0.717) is 6.54 Å². The van der Waals surface area contributed by atoms with Gasteiger partial charge in [-0.3, -0.25) is 4.68 Å². The highest BCUT2D eigenvalue weighted by molar-refractivity contribution is 5.64. The molecule has 0 fully saturated rings. The highest BCUT2D eigenvalue weighted by Gasteiger charge is 2.07. The van der Waals surface area contributed by atoms with Crippen LogP contribution in [0.5, 0.6) is 0 Å². The van der Waals surface area contributed by atoms with Gasteiger partial charge in [-0.1, -0.05) is 17.7 Å². The van der Waals surface area contributed by atoms with E-state index in [4.69, 9.17) is 5.73 Å². The van der Waals surface area contributed by atoms with Crippen LogP contribution in [0.3, 0.4) is 0 Å². The van der Waals surface area contributed by atoms with E-state index >= 15 is 0 Å². The van der Waals surface area contributed by atoms with Crippen LogP contribution in [0.25, 0.3) is 11.3 Å². The monoisotopic (exact) mass is 201 g/mol. The SMILES string of the molecule is Cc1ccc(CN)c(-c2ccnn2C)c1. The van der Waals surface area contributed by atoms with E-state index in [2.05, 4.69) is 30.2 Å². The summed E-state index contributed by atoms with van der Waals surface area (Å²) in [5.41, 5.74) is 10.4. The van der Waals surface area contributed by atoms with Crippen LogP contribution in [0.1, 0.15) is 11.1 Å². The Morgan fingerprint density at radius 1 is 1.33 bits per heavy atom. The van der Waals surface area contributed by atoms with Crippen LogP contribution >= 0.6 is 0 Å². The molecule has 1 aromatic carbocycles. The fourth-order valence-electron chi connectivity index (χ4n) is 1.74. The largest absolute Gasteiger partial charge is 0.326 e. The van der Waals surface area contributed by atoms with Crippen molar-refractivity contribution in [1.82, 2.24) is 9.78 Å². The van der Waals surface area contributed by atoms with Crippen LogP contribution in [0, 0.1) is 6.92 Å². The molecule has 3 nitrogen and oxygen atoms in total. The summed E-state index contributed by atoms with van der Waals surface area (Å²) in [7, 11) is 1.94. The topological polar surface area (TPSA) is 43.8 Å². The second-order valence-corrected chi connectivity index (χ2v) is 3.70. The van der Waals surface area contributed by atoms with Crippen molar-refractivity contribution in [1.29, 1.82) is 0 Å². The first-order chi connectivity index (χ1) is 7.22. The van der Waals surface area contributed by atoms with E-state index in [1.165, 1.54) is 11.1 Å². The average Bonchev–Trinajstić information content (AvgIpc) is 2.64. The molecule has 15 heavy (non-hydrogen) atoms. The maximum Gasteiger partial charge on any atom is 0.0682 e. The summed E-state index contributed by atoms with van der Waals surface area (Å²) in [4.78, 5) is 0. The number of rotatable bonds is 2. The fourth-order valence-corrected chi connectivity index (χ4v) is 1.74. The predicted octanol–water partition coefficient (Wildman–Crippen LogP) is 1.85. The zero-order chi connectivity index (χ0) is 10.8. The molecule has 1 heterocycles. The zero-order valence-electron chi connectivity index (χ0n) is 9.07. The minimum Gasteiger partial charge on any atom is -0.326 e. The van der Waals surface area contributed by atoms with Crippen molar-refractivity contribution in [2.24, 2.45) is 12.8 Å². The van der Waals surface area contributed by atoms with Gasteiger partial charge in [-0.25, -0.2) is 0 Å². The molecule has 0 unspecified atom stereocenters. The van der Waals surface area contributed by atoms with Gasteiger partial charge in [0, 0.05) is 25.4 Å². The Morgan fingerprint density at radius 2 is 2.13 bits per heavy atom. The molecule has 0 aliphatic rings. The zero-order valence-corrected chi connectivity index (χ0v) is 9.07. The van der Waals surface area contributed by atoms with Crippen LogP contribution in [0.15, 0.2) is 30.5 Å². The molecule has 0 radical (unpaired) electrons. The van der Waals surface area contributed by atoms with Crippen LogP contribution in [0.2, 0.25) is 0 Å². The quantitative estimate of drug-likeness (QED) is 0.806. The fraction of sp³-hybridized carbons (Fsp3) is 0.250. The highest BCUT2D eigenvalue weighted by atomic mass is 15.3. The molecule has 0 bridgehead atoms. The van der Waals surface area contributed by atoms with Crippen molar-refractivity contribution in [2.75, 3.05) is 0 Å². The molecular weight excluding hydrogens is 186 g/mol. The summed E-state index contributed by atoms with van der Waals surface area (Å²) < 4.78 is 1.87. The number of hydrogen-bond donors (Lipinski definition) is 1. The first kappa shape index (κ1) is 9.93. The van der Waals surface area contributed by atoms with Crippen LogP contribution in [-0.2, 0) is 13.6 Å². The van der Waals surface area contributed by atoms with Gasteiger partial charge in [0.1, 0.15) is 0 Å². The van der Waals surface area contributed by atoms with Crippen molar-refractivity contribution in [2.45, 2.75) is 13.5 Å². The third-order valence-corrected chi connectivity index (χ3v) is 2.58. The van der Waals surface area contributed by atoms with Crippen molar-refractivity contribution in [3.05, 3.63) is 41.6 Å². The average molecular weight is 201 g/mol. The first-order valence-corrected chi connectivity index (χ1v) is 5.00. The van der Waals surface area contributed by atoms with Crippen LogP contribution in [0.4, 0.5) is 0 Å². The van der Waals surface area contributed by atoms with E-state index in [-0.39, 0.29) is 0 Å². The lowest BCUT2D eigenvalue weighted by atomic mass is 10.0. The number of nitrogens with two attached hydrogens (primary N) is 1. The summed E-state index contributed by atoms with van der Waals surface area (Å²) in [5.74, 6) is 0. The maximum absolute atomic E-state index is 5.73. The minimum absolute atomic E-state index is 0.556. The van der Waals surface area contributed by atoms with Crippen molar-refractivity contribution < 1.29 is 0 Å². The van der Waals surface area contributed by atoms with Crippen LogP contribution < -0.4 is 5.73 Å². The molecule has 78 valence electrons. The van der Waals surface area contributed by atoms with Gasteiger partial charge in [-0.15, -0.1) is 0 Å². The lowest BCUT2D eigenvalue weighted by Crippen LogP contribution is -2.02. The molecule has 0 saturated carbocycles. The normalized spacial score (nSPS) is 10.6. The maximum atomic E-state index is 5.73. The molecule has 0 aliphatic heterocycles. The molecule has 0 aliphatic carbocycles. The van der Waals surface area contributed by atoms with Gasteiger partial charge in [0.05, 0.1) is 5.69 Å². The smallest absolute Gasteiger partial charge is 0.0682 e. The van der Waals surface area contributed by atoms with Crippen molar-refractivity contribution >= 4 is 0 Å². The van der Waals surface area contributed by atoms with Gasteiger partial charge in [-0.2, -0.15) is 5.10 Å². The number of aryl methyl sites for hydroxylation is 2. The molecule has 3 heteroatoms. The van der Waals surface area contributed by atoms with Gasteiger partial charge >= 0.3 is 0 Å². The third kappa shape index (κ3) is 1.78. The Bertz CT molecular complexity index is 471. The third-order valence-electron chi connectivity index (χ3n) is 2.58.